The molecule has 0 N–H and O–H groups in total. The number of ether oxygens (including phenoxy) is 3. The molecule has 2 rings (SSSR count). The minimum Gasteiger partial charge on any atom is -0.466 e. The summed E-state index contributed by atoms with van der Waals surface area (Å²) in [4.78, 5) is 14.8. The minimum atomic E-state index is -2.83. The van der Waals surface area contributed by atoms with Crippen LogP contribution in [0.25, 0.3) is 0 Å². The van der Waals surface area contributed by atoms with Gasteiger partial charge in [0.15, 0.2) is 0 Å². The van der Waals surface area contributed by atoms with E-state index in [0.29, 0.717) is 32.7 Å². The molecule has 0 radical (unpaired) electrons. The van der Waals surface area contributed by atoms with Crippen LogP contribution in [0.3, 0.4) is 0 Å². The van der Waals surface area contributed by atoms with Crippen LogP contribution >= 0.6 is 0 Å². The molecule has 1 fully saturated rings. The molecule has 0 spiro atoms. The zero-order chi connectivity index (χ0) is 19.0. The second-order valence-electron chi connectivity index (χ2n) is 6.58. The molecule has 0 saturated carbocycles. The van der Waals surface area contributed by atoms with Crippen molar-refractivity contribution in [3.05, 3.63) is 29.8 Å². The van der Waals surface area contributed by atoms with Gasteiger partial charge >= 0.3 is 12.6 Å². The lowest BCUT2D eigenvalue weighted by Gasteiger charge is -2.41. The number of hydrogen-bond donors (Lipinski definition) is 0. The van der Waals surface area contributed by atoms with Gasteiger partial charge in [0, 0.05) is 26.8 Å². The van der Waals surface area contributed by atoms with E-state index >= 15 is 0 Å². The topological polar surface area (TPSA) is 48.0 Å². The van der Waals surface area contributed by atoms with Gasteiger partial charge in [0.05, 0.1) is 12.0 Å². The average molecular weight is 371 g/mol. The number of halogens is 2. The van der Waals surface area contributed by atoms with Crippen molar-refractivity contribution >= 4 is 5.97 Å². The van der Waals surface area contributed by atoms with Crippen LogP contribution in [-0.2, 0) is 20.8 Å². The fourth-order valence-electron chi connectivity index (χ4n) is 3.45. The minimum absolute atomic E-state index is 0.142. The van der Waals surface area contributed by atoms with Crippen molar-refractivity contribution in [2.45, 2.75) is 39.3 Å². The summed E-state index contributed by atoms with van der Waals surface area (Å²) in [5.74, 6) is -0.0224. The Morgan fingerprint density at radius 1 is 1.31 bits per heavy atom. The third kappa shape index (κ3) is 5.64. The van der Waals surface area contributed by atoms with E-state index in [2.05, 4.69) is 9.64 Å². The highest BCUT2D eigenvalue weighted by Gasteiger charge is 2.43. The second-order valence-corrected chi connectivity index (χ2v) is 6.58. The summed E-state index contributed by atoms with van der Waals surface area (Å²) < 4.78 is 39.4. The van der Waals surface area contributed by atoms with Gasteiger partial charge in [-0.05, 0) is 50.4 Å². The summed E-state index contributed by atoms with van der Waals surface area (Å²) in [7, 11) is 1.63. The van der Waals surface area contributed by atoms with Crippen molar-refractivity contribution in [2.24, 2.45) is 5.41 Å². The number of nitrogens with zero attached hydrogens (tertiary/aromatic N) is 1. The number of carbonyl (C=O) groups excluding carboxylic acids is 1. The van der Waals surface area contributed by atoms with Crippen molar-refractivity contribution in [1.82, 2.24) is 4.90 Å². The van der Waals surface area contributed by atoms with Crippen LogP contribution in [0.5, 0.6) is 5.75 Å². The predicted octanol–water partition coefficient (Wildman–Crippen LogP) is 3.47. The first kappa shape index (κ1) is 20.6. The normalized spacial score (nSPS) is 21.0. The smallest absolute Gasteiger partial charge is 0.387 e. The van der Waals surface area contributed by atoms with Crippen molar-refractivity contribution < 1.29 is 27.8 Å². The molecule has 1 atom stereocenters. The first-order valence-corrected chi connectivity index (χ1v) is 8.91. The quantitative estimate of drug-likeness (QED) is 0.622. The first-order chi connectivity index (χ1) is 12.5. The fourth-order valence-corrected chi connectivity index (χ4v) is 3.45. The van der Waals surface area contributed by atoms with Gasteiger partial charge in [-0.25, -0.2) is 0 Å². The number of piperidine rings is 1. The number of likely N-dealkylation sites (tertiary alicyclic amines) is 1. The standard InChI is InChI=1S/C19H27F2NO4/c1-3-25-17(23)19(10-12-24-2)9-4-11-22(14-19)13-15-5-7-16(8-6-15)26-18(20)21/h5-8,18H,3-4,9-14H2,1-2H3. The molecule has 0 aliphatic carbocycles. The molecule has 1 saturated heterocycles. The van der Waals surface area contributed by atoms with Crippen LogP contribution in [-0.4, -0.2) is 50.9 Å². The van der Waals surface area contributed by atoms with Gasteiger partial charge in [-0.15, -0.1) is 0 Å². The highest BCUT2D eigenvalue weighted by atomic mass is 19.3. The molecule has 0 amide bonds. The van der Waals surface area contributed by atoms with E-state index < -0.39 is 12.0 Å². The summed E-state index contributed by atoms with van der Waals surface area (Å²) in [6, 6.07) is 6.62. The molecule has 0 bridgehead atoms. The van der Waals surface area contributed by atoms with Gasteiger partial charge in [-0.2, -0.15) is 8.78 Å². The zero-order valence-electron chi connectivity index (χ0n) is 15.4. The van der Waals surface area contributed by atoms with Gasteiger partial charge < -0.3 is 14.2 Å². The molecule has 0 aromatic heterocycles. The van der Waals surface area contributed by atoms with Crippen molar-refractivity contribution in [1.29, 1.82) is 0 Å². The van der Waals surface area contributed by atoms with Crippen LogP contribution in [0.4, 0.5) is 8.78 Å². The number of benzene rings is 1. The van der Waals surface area contributed by atoms with E-state index in [1.54, 1.807) is 19.2 Å². The van der Waals surface area contributed by atoms with Crippen LogP contribution < -0.4 is 4.74 Å². The maximum absolute atomic E-state index is 12.6. The Bertz CT molecular complexity index is 567. The van der Waals surface area contributed by atoms with Crippen molar-refractivity contribution in [3.63, 3.8) is 0 Å². The summed E-state index contributed by atoms with van der Waals surface area (Å²) >= 11 is 0. The Hall–Kier alpha value is -1.73. The van der Waals surface area contributed by atoms with Crippen LogP contribution in [0.15, 0.2) is 24.3 Å². The maximum Gasteiger partial charge on any atom is 0.387 e. The molecule has 7 heteroatoms. The average Bonchev–Trinajstić information content (AvgIpc) is 2.62. The molecule has 1 unspecified atom stereocenters. The highest BCUT2D eigenvalue weighted by molar-refractivity contribution is 5.77. The molecular formula is C19H27F2NO4. The summed E-state index contributed by atoms with van der Waals surface area (Å²) in [6.07, 6.45) is 2.31. The SMILES string of the molecule is CCOC(=O)C1(CCOC)CCCN(Cc2ccc(OC(F)F)cc2)C1. The van der Waals surface area contributed by atoms with E-state index in [9.17, 15) is 13.6 Å². The molecule has 1 aliphatic heterocycles. The van der Waals surface area contributed by atoms with E-state index in [1.807, 2.05) is 6.92 Å². The van der Waals surface area contributed by atoms with E-state index in [-0.39, 0.29) is 11.7 Å². The molecule has 1 aromatic rings. The van der Waals surface area contributed by atoms with Gasteiger partial charge in [0.25, 0.3) is 0 Å². The lowest BCUT2D eigenvalue weighted by molar-refractivity contribution is -0.160. The molecule has 1 heterocycles. The van der Waals surface area contributed by atoms with E-state index in [4.69, 9.17) is 9.47 Å². The summed E-state index contributed by atoms with van der Waals surface area (Å²) in [5, 5.41) is 0. The van der Waals surface area contributed by atoms with Gasteiger partial charge in [0.2, 0.25) is 0 Å². The molecule has 1 aromatic carbocycles. The first-order valence-electron chi connectivity index (χ1n) is 8.91. The monoisotopic (exact) mass is 371 g/mol. The molecule has 5 nitrogen and oxygen atoms in total. The number of methoxy groups -OCH3 is 1. The van der Waals surface area contributed by atoms with E-state index in [1.165, 1.54) is 12.1 Å². The summed E-state index contributed by atoms with van der Waals surface area (Å²) in [5.41, 5.74) is 0.432. The predicted molar refractivity (Wildman–Crippen MR) is 93.1 cm³/mol. The van der Waals surface area contributed by atoms with Gasteiger partial charge in [-0.1, -0.05) is 12.1 Å². The lowest BCUT2D eigenvalue weighted by Crippen LogP contribution is -2.48. The van der Waals surface area contributed by atoms with E-state index in [0.717, 1.165) is 24.9 Å². The van der Waals surface area contributed by atoms with Crippen LogP contribution in [0.2, 0.25) is 0 Å². The molecule has 26 heavy (non-hydrogen) atoms. The van der Waals surface area contributed by atoms with Crippen LogP contribution in [0.1, 0.15) is 31.7 Å². The van der Waals surface area contributed by atoms with Gasteiger partial charge in [0.1, 0.15) is 5.75 Å². The number of rotatable bonds is 9. The maximum atomic E-state index is 12.6. The third-order valence-electron chi connectivity index (χ3n) is 4.70. The highest BCUT2D eigenvalue weighted by Crippen LogP contribution is 2.35. The Balaban J connectivity index is 2.03. The Labute approximate surface area is 153 Å². The number of hydrogen-bond acceptors (Lipinski definition) is 5. The van der Waals surface area contributed by atoms with Crippen molar-refractivity contribution in [3.8, 4) is 5.75 Å². The number of alkyl halides is 2. The summed E-state index contributed by atoms with van der Waals surface area (Å²) in [6.45, 7) is 1.97. The van der Waals surface area contributed by atoms with Crippen molar-refractivity contribution in [2.75, 3.05) is 33.4 Å². The number of esters is 1. The Morgan fingerprint density at radius 2 is 2.04 bits per heavy atom. The largest absolute Gasteiger partial charge is 0.466 e. The Kier molecular flexibility index (Phi) is 7.78. The fraction of sp³-hybridized carbons (Fsp3) is 0.632. The third-order valence-corrected chi connectivity index (χ3v) is 4.70. The van der Waals surface area contributed by atoms with Crippen LogP contribution in [0, 0.1) is 5.41 Å². The lowest BCUT2D eigenvalue weighted by atomic mass is 9.77. The number of carbonyl (C=O) groups is 1. The second kappa shape index (κ2) is 9.83. The van der Waals surface area contributed by atoms with Gasteiger partial charge in [-0.3, -0.25) is 9.69 Å². The zero-order valence-corrected chi connectivity index (χ0v) is 15.4. The molecular weight excluding hydrogens is 344 g/mol. The Morgan fingerprint density at radius 3 is 2.65 bits per heavy atom. The molecule has 1 aliphatic rings. The molecule has 146 valence electrons.